The predicted octanol–water partition coefficient (Wildman–Crippen LogP) is 3.51. The smallest absolute Gasteiger partial charge is 0.253 e. The lowest BCUT2D eigenvalue weighted by molar-refractivity contribution is 0.0520. The first-order chi connectivity index (χ1) is 13.1. The van der Waals surface area contributed by atoms with E-state index in [1.807, 2.05) is 4.90 Å². The van der Waals surface area contributed by atoms with Gasteiger partial charge in [0.15, 0.2) is 0 Å². The number of piperidine rings is 2. The van der Waals surface area contributed by atoms with Crippen LogP contribution in [0.25, 0.3) is 0 Å². The Morgan fingerprint density at radius 2 is 1.63 bits per heavy atom. The molecule has 27 heavy (non-hydrogen) atoms. The predicted molar refractivity (Wildman–Crippen MR) is 105 cm³/mol. The van der Waals surface area contributed by atoms with Crippen molar-refractivity contribution in [1.82, 2.24) is 9.21 Å². The van der Waals surface area contributed by atoms with E-state index >= 15 is 0 Å². The van der Waals surface area contributed by atoms with Gasteiger partial charge in [-0.05, 0) is 55.7 Å². The number of carbonyl (C=O) groups excluding carboxylic acids is 1. The van der Waals surface area contributed by atoms with Gasteiger partial charge in [-0.15, -0.1) is 0 Å². The van der Waals surface area contributed by atoms with Crippen molar-refractivity contribution in [2.45, 2.75) is 56.3 Å². The average molecular weight is 391 g/mol. The maximum atomic E-state index is 13.0. The lowest BCUT2D eigenvalue weighted by Gasteiger charge is -2.41. The molecule has 2 atom stereocenters. The third kappa shape index (κ3) is 3.92. The molecule has 0 aromatic heterocycles. The Bertz CT molecular complexity index is 786. The molecule has 2 aliphatic heterocycles. The molecular weight excluding hydrogens is 360 g/mol. The van der Waals surface area contributed by atoms with E-state index in [0.717, 1.165) is 44.7 Å². The number of hydrogen-bond acceptors (Lipinski definition) is 3. The number of amides is 1. The minimum Gasteiger partial charge on any atom is -0.338 e. The van der Waals surface area contributed by atoms with Crippen molar-refractivity contribution < 1.29 is 13.2 Å². The zero-order valence-corrected chi connectivity index (χ0v) is 16.8. The topological polar surface area (TPSA) is 57.7 Å². The fourth-order valence-corrected chi connectivity index (χ4v) is 6.58. The molecule has 1 aromatic rings. The van der Waals surface area contributed by atoms with Gasteiger partial charge in [-0.1, -0.05) is 31.7 Å². The highest BCUT2D eigenvalue weighted by Crippen LogP contribution is 2.36. The molecule has 2 heterocycles. The highest BCUT2D eigenvalue weighted by atomic mass is 32.2. The second-order valence-corrected chi connectivity index (χ2v) is 10.3. The number of rotatable bonds is 3. The van der Waals surface area contributed by atoms with E-state index in [4.69, 9.17) is 0 Å². The van der Waals surface area contributed by atoms with Gasteiger partial charge in [0.1, 0.15) is 0 Å². The monoisotopic (exact) mass is 390 g/mol. The van der Waals surface area contributed by atoms with Gasteiger partial charge < -0.3 is 4.90 Å². The van der Waals surface area contributed by atoms with E-state index < -0.39 is 10.0 Å². The fourth-order valence-electron chi connectivity index (χ4n) is 5.01. The van der Waals surface area contributed by atoms with Gasteiger partial charge in [0.2, 0.25) is 10.0 Å². The molecule has 1 aliphatic carbocycles. The summed E-state index contributed by atoms with van der Waals surface area (Å²) in [6.45, 7) is 2.78. The summed E-state index contributed by atoms with van der Waals surface area (Å²) in [6.07, 6.45) is 9.11. The summed E-state index contributed by atoms with van der Waals surface area (Å²) < 4.78 is 27.4. The number of likely N-dealkylation sites (tertiary alicyclic amines) is 1. The van der Waals surface area contributed by atoms with E-state index in [1.54, 1.807) is 28.6 Å². The van der Waals surface area contributed by atoms with Gasteiger partial charge in [0.25, 0.3) is 5.91 Å². The maximum Gasteiger partial charge on any atom is 0.253 e. The van der Waals surface area contributed by atoms with E-state index in [-0.39, 0.29) is 10.8 Å². The summed E-state index contributed by atoms with van der Waals surface area (Å²) in [5, 5.41) is 0. The Hall–Kier alpha value is -1.40. The van der Waals surface area contributed by atoms with Gasteiger partial charge in [-0.3, -0.25) is 4.79 Å². The Morgan fingerprint density at radius 1 is 0.889 bits per heavy atom. The third-order valence-corrected chi connectivity index (χ3v) is 8.51. The molecule has 5 nitrogen and oxygen atoms in total. The summed E-state index contributed by atoms with van der Waals surface area (Å²) in [5.74, 6) is 1.38. The first-order valence-electron chi connectivity index (χ1n) is 10.5. The van der Waals surface area contributed by atoms with Crippen molar-refractivity contribution >= 4 is 15.9 Å². The zero-order chi connectivity index (χ0) is 18.9. The highest BCUT2D eigenvalue weighted by Gasteiger charge is 2.33. The van der Waals surface area contributed by atoms with Crippen molar-refractivity contribution in [2.75, 3.05) is 26.2 Å². The molecule has 0 radical (unpaired) electrons. The second kappa shape index (κ2) is 7.92. The summed E-state index contributed by atoms with van der Waals surface area (Å²) in [6, 6.07) is 6.66. The van der Waals surface area contributed by atoms with Crippen molar-refractivity contribution in [2.24, 2.45) is 11.8 Å². The molecular formula is C21H30N2O3S. The standard InChI is InChI=1S/C21H30N2O3S/c24-21(22-14-11-17-7-2-3-8-19(17)16-22)18-9-6-10-20(15-18)27(25,26)23-12-4-1-5-13-23/h6,9-10,15,17,19H,1-5,7-8,11-14,16H2/t17-,19+/m1/s1. The minimum atomic E-state index is -3.51. The molecule has 1 aromatic carbocycles. The van der Waals surface area contributed by atoms with Crippen LogP contribution in [0.2, 0.25) is 0 Å². The first kappa shape index (κ1) is 18.9. The highest BCUT2D eigenvalue weighted by molar-refractivity contribution is 7.89. The average Bonchev–Trinajstić information content (AvgIpc) is 2.73. The van der Waals surface area contributed by atoms with Gasteiger partial charge in [-0.2, -0.15) is 4.31 Å². The maximum absolute atomic E-state index is 13.0. The summed E-state index contributed by atoms with van der Waals surface area (Å²) in [5.41, 5.74) is 0.502. The first-order valence-corrected chi connectivity index (χ1v) is 11.9. The molecule has 6 heteroatoms. The Kier molecular flexibility index (Phi) is 5.55. The van der Waals surface area contributed by atoms with Crippen molar-refractivity contribution in [1.29, 1.82) is 0 Å². The van der Waals surface area contributed by atoms with Crippen LogP contribution >= 0.6 is 0 Å². The number of hydrogen-bond donors (Lipinski definition) is 0. The summed E-state index contributed by atoms with van der Waals surface area (Å²) >= 11 is 0. The SMILES string of the molecule is O=C(c1cccc(S(=O)(=O)N2CCCCC2)c1)N1CC[C@H]2CCCC[C@H]2C1. The van der Waals surface area contributed by atoms with Crippen LogP contribution in [0.5, 0.6) is 0 Å². The number of sulfonamides is 1. The van der Waals surface area contributed by atoms with Crippen LogP contribution in [0.1, 0.15) is 61.7 Å². The van der Waals surface area contributed by atoms with Crippen molar-refractivity contribution in [3.63, 3.8) is 0 Å². The Balaban J connectivity index is 1.51. The van der Waals surface area contributed by atoms with Crippen molar-refractivity contribution in [3.05, 3.63) is 29.8 Å². The quantitative estimate of drug-likeness (QED) is 0.793. The molecule has 1 amide bonds. The molecule has 0 unspecified atom stereocenters. The number of carbonyl (C=O) groups is 1. The fraction of sp³-hybridized carbons (Fsp3) is 0.667. The summed E-state index contributed by atoms with van der Waals surface area (Å²) in [4.78, 5) is 15.2. The van der Waals surface area contributed by atoms with Crippen LogP contribution in [-0.2, 0) is 10.0 Å². The van der Waals surface area contributed by atoms with Gasteiger partial charge in [0, 0.05) is 31.7 Å². The molecule has 1 saturated carbocycles. The van der Waals surface area contributed by atoms with Crippen molar-refractivity contribution in [3.8, 4) is 0 Å². The lowest BCUT2D eigenvalue weighted by Crippen LogP contribution is -2.44. The molecule has 3 fully saturated rings. The van der Waals surface area contributed by atoms with Gasteiger partial charge in [0.05, 0.1) is 4.90 Å². The molecule has 0 bridgehead atoms. The van der Waals surface area contributed by atoms with Gasteiger partial charge in [-0.25, -0.2) is 8.42 Å². The van der Waals surface area contributed by atoms with E-state index in [2.05, 4.69) is 0 Å². The van der Waals surface area contributed by atoms with Gasteiger partial charge >= 0.3 is 0 Å². The number of nitrogens with zero attached hydrogens (tertiary/aromatic N) is 2. The van der Waals surface area contributed by atoms with E-state index in [9.17, 15) is 13.2 Å². The Labute approximate surface area is 162 Å². The molecule has 148 valence electrons. The van der Waals surface area contributed by atoms with Crippen LogP contribution in [-0.4, -0.2) is 49.7 Å². The molecule has 4 rings (SSSR count). The normalized spacial score (nSPS) is 27.2. The molecule has 2 saturated heterocycles. The second-order valence-electron chi connectivity index (χ2n) is 8.34. The summed E-state index contributed by atoms with van der Waals surface area (Å²) in [7, 11) is -3.51. The van der Waals surface area contributed by atoms with E-state index in [0.29, 0.717) is 24.6 Å². The largest absolute Gasteiger partial charge is 0.338 e. The van der Waals surface area contributed by atoms with Crippen LogP contribution in [0.4, 0.5) is 0 Å². The minimum absolute atomic E-state index is 0.0188. The molecule has 0 N–H and O–H groups in total. The lowest BCUT2D eigenvalue weighted by atomic mass is 9.75. The van der Waals surface area contributed by atoms with Crippen LogP contribution in [0, 0.1) is 11.8 Å². The van der Waals surface area contributed by atoms with Crippen LogP contribution in [0.3, 0.4) is 0 Å². The van der Waals surface area contributed by atoms with Crippen LogP contribution < -0.4 is 0 Å². The molecule has 0 spiro atoms. The Morgan fingerprint density at radius 3 is 2.41 bits per heavy atom. The molecule has 3 aliphatic rings. The van der Waals surface area contributed by atoms with Crippen LogP contribution in [0.15, 0.2) is 29.2 Å². The number of benzene rings is 1. The third-order valence-electron chi connectivity index (χ3n) is 6.61. The van der Waals surface area contributed by atoms with E-state index in [1.165, 1.54) is 25.7 Å². The number of fused-ring (bicyclic) bond motifs is 1. The zero-order valence-electron chi connectivity index (χ0n) is 16.0.